The SMILES string of the molecule is COCCN(C(C)C1CC1)C1CCCC1CN. The molecule has 3 heteroatoms. The van der Waals surface area contributed by atoms with E-state index in [4.69, 9.17) is 10.5 Å². The van der Waals surface area contributed by atoms with Crippen LogP contribution in [0.3, 0.4) is 0 Å². The van der Waals surface area contributed by atoms with Crippen LogP contribution < -0.4 is 5.73 Å². The Morgan fingerprint density at radius 3 is 2.65 bits per heavy atom. The molecule has 0 aromatic rings. The van der Waals surface area contributed by atoms with Crippen molar-refractivity contribution >= 4 is 0 Å². The molecule has 2 N–H and O–H groups in total. The third kappa shape index (κ3) is 3.21. The van der Waals surface area contributed by atoms with Crippen LogP contribution in [0.25, 0.3) is 0 Å². The van der Waals surface area contributed by atoms with E-state index in [0.717, 1.165) is 31.7 Å². The Bertz CT molecular complexity index is 230. The maximum atomic E-state index is 5.92. The monoisotopic (exact) mass is 240 g/mol. The van der Waals surface area contributed by atoms with E-state index in [1.54, 1.807) is 7.11 Å². The van der Waals surface area contributed by atoms with Gasteiger partial charge in [-0.2, -0.15) is 0 Å². The number of nitrogens with two attached hydrogens (primary N) is 1. The average molecular weight is 240 g/mol. The zero-order valence-corrected chi connectivity index (χ0v) is 11.4. The summed E-state index contributed by atoms with van der Waals surface area (Å²) < 4.78 is 5.28. The smallest absolute Gasteiger partial charge is 0.0589 e. The Morgan fingerprint density at radius 1 is 1.29 bits per heavy atom. The number of ether oxygens (including phenoxy) is 1. The third-order valence-corrected chi connectivity index (χ3v) is 4.73. The van der Waals surface area contributed by atoms with Gasteiger partial charge in [-0.05, 0) is 51.0 Å². The molecule has 0 bridgehead atoms. The quantitative estimate of drug-likeness (QED) is 0.738. The van der Waals surface area contributed by atoms with Gasteiger partial charge in [0.2, 0.25) is 0 Å². The Morgan fingerprint density at radius 2 is 2.06 bits per heavy atom. The van der Waals surface area contributed by atoms with Crippen LogP contribution >= 0.6 is 0 Å². The molecular weight excluding hydrogens is 212 g/mol. The largest absolute Gasteiger partial charge is 0.383 e. The molecule has 2 fully saturated rings. The van der Waals surface area contributed by atoms with Crippen molar-refractivity contribution < 1.29 is 4.74 Å². The van der Waals surface area contributed by atoms with Crippen LogP contribution in [0.4, 0.5) is 0 Å². The maximum Gasteiger partial charge on any atom is 0.0589 e. The molecule has 2 aliphatic rings. The van der Waals surface area contributed by atoms with Crippen LogP contribution in [0.5, 0.6) is 0 Å². The molecule has 0 spiro atoms. The molecule has 17 heavy (non-hydrogen) atoms. The molecule has 0 aromatic heterocycles. The van der Waals surface area contributed by atoms with E-state index in [9.17, 15) is 0 Å². The van der Waals surface area contributed by atoms with E-state index in [-0.39, 0.29) is 0 Å². The van der Waals surface area contributed by atoms with Crippen LogP contribution in [0.2, 0.25) is 0 Å². The first-order valence-electron chi connectivity index (χ1n) is 7.22. The summed E-state index contributed by atoms with van der Waals surface area (Å²) in [5.41, 5.74) is 5.92. The molecule has 0 aromatic carbocycles. The molecule has 0 aliphatic heterocycles. The van der Waals surface area contributed by atoms with Gasteiger partial charge in [0.05, 0.1) is 6.61 Å². The minimum absolute atomic E-state index is 0.714. The predicted molar refractivity (Wildman–Crippen MR) is 71.0 cm³/mol. The standard InChI is InChI=1S/C14H28N2O/c1-11(12-6-7-12)16(8-9-17-2)14-5-3-4-13(14)10-15/h11-14H,3-10,15H2,1-2H3. The second kappa shape index (κ2) is 6.17. The summed E-state index contributed by atoms with van der Waals surface area (Å²) in [6.45, 7) is 5.19. The van der Waals surface area contributed by atoms with Gasteiger partial charge in [-0.3, -0.25) is 4.90 Å². The minimum Gasteiger partial charge on any atom is -0.383 e. The summed E-state index contributed by atoms with van der Waals surface area (Å²) in [4.78, 5) is 2.70. The summed E-state index contributed by atoms with van der Waals surface area (Å²) in [7, 11) is 1.80. The fourth-order valence-electron chi connectivity index (χ4n) is 3.45. The Kier molecular flexibility index (Phi) is 4.83. The highest BCUT2D eigenvalue weighted by molar-refractivity contribution is 4.93. The summed E-state index contributed by atoms with van der Waals surface area (Å²) in [6, 6.07) is 1.44. The van der Waals surface area contributed by atoms with Gasteiger partial charge in [0.15, 0.2) is 0 Å². The van der Waals surface area contributed by atoms with Gasteiger partial charge in [-0.25, -0.2) is 0 Å². The fourth-order valence-corrected chi connectivity index (χ4v) is 3.45. The molecule has 0 saturated heterocycles. The van der Waals surface area contributed by atoms with E-state index < -0.39 is 0 Å². The van der Waals surface area contributed by atoms with Gasteiger partial charge >= 0.3 is 0 Å². The van der Waals surface area contributed by atoms with Crippen molar-refractivity contribution in [3.05, 3.63) is 0 Å². The fraction of sp³-hybridized carbons (Fsp3) is 1.00. The minimum atomic E-state index is 0.714. The van der Waals surface area contributed by atoms with Crippen LogP contribution in [-0.2, 0) is 4.74 Å². The molecule has 0 heterocycles. The Balaban J connectivity index is 1.97. The zero-order valence-electron chi connectivity index (χ0n) is 11.4. The molecule has 100 valence electrons. The van der Waals surface area contributed by atoms with E-state index in [0.29, 0.717) is 12.0 Å². The van der Waals surface area contributed by atoms with Gasteiger partial charge in [0.1, 0.15) is 0 Å². The van der Waals surface area contributed by atoms with E-state index >= 15 is 0 Å². The molecule has 2 saturated carbocycles. The second-order valence-electron chi connectivity index (χ2n) is 5.80. The number of nitrogens with zero attached hydrogens (tertiary/aromatic N) is 1. The molecule has 3 unspecified atom stereocenters. The molecule has 2 rings (SSSR count). The average Bonchev–Trinajstić information content (AvgIpc) is 3.09. The Hall–Kier alpha value is -0.120. The van der Waals surface area contributed by atoms with Crippen LogP contribution in [-0.4, -0.2) is 43.8 Å². The number of methoxy groups -OCH3 is 1. The number of hydrogen-bond acceptors (Lipinski definition) is 3. The van der Waals surface area contributed by atoms with Crippen molar-refractivity contribution in [2.45, 2.75) is 51.1 Å². The summed E-state index contributed by atoms with van der Waals surface area (Å²) >= 11 is 0. The van der Waals surface area contributed by atoms with Gasteiger partial charge in [0.25, 0.3) is 0 Å². The number of rotatable bonds is 7. The lowest BCUT2D eigenvalue weighted by atomic mass is 9.99. The first kappa shape index (κ1) is 13.3. The highest BCUT2D eigenvalue weighted by Gasteiger charge is 2.38. The molecule has 3 atom stereocenters. The van der Waals surface area contributed by atoms with Crippen LogP contribution in [0.15, 0.2) is 0 Å². The van der Waals surface area contributed by atoms with E-state index in [2.05, 4.69) is 11.8 Å². The lowest BCUT2D eigenvalue weighted by Gasteiger charge is -2.37. The highest BCUT2D eigenvalue weighted by atomic mass is 16.5. The predicted octanol–water partition coefficient (Wildman–Crippen LogP) is 1.86. The van der Waals surface area contributed by atoms with Gasteiger partial charge < -0.3 is 10.5 Å². The lowest BCUT2D eigenvalue weighted by molar-refractivity contribution is 0.0663. The summed E-state index contributed by atoms with van der Waals surface area (Å²) in [5.74, 6) is 1.65. The zero-order chi connectivity index (χ0) is 12.3. The van der Waals surface area contributed by atoms with Crippen molar-refractivity contribution in [1.29, 1.82) is 0 Å². The van der Waals surface area contributed by atoms with Crippen molar-refractivity contribution in [3.8, 4) is 0 Å². The molecule has 2 aliphatic carbocycles. The maximum absolute atomic E-state index is 5.92. The second-order valence-corrected chi connectivity index (χ2v) is 5.80. The third-order valence-electron chi connectivity index (χ3n) is 4.73. The summed E-state index contributed by atoms with van der Waals surface area (Å²) in [6.07, 6.45) is 6.85. The van der Waals surface area contributed by atoms with E-state index in [1.807, 2.05) is 0 Å². The first-order valence-corrected chi connectivity index (χ1v) is 7.22. The van der Waals surface area contributed by atoms with Gasteiger partial charge in [-0.15, -0.1) is 0 Å². The highest BCUT2D eigenvalue weighted by Crippen LogP contribution is 2.39. The molecule has 0 amide bonds. The van der Waals surface area contributed by atoms with Crippen molar-refractivity contribution in [1.82, 2.24) is 4.90 Å². The summed E-state index contributed by atoms with van der Waals surface area (Å²) in [5, 5.41) is 0. The molecule has 0 radical (unpaired) electrons. The van der Waals surface area contributed by atoms with Gasteiger partial charge in [0, 0.05) is 25.7 Å². The lowest BCUT2D eigenvalue weighted by Crippen LogP contribution is -2.47. The number of hydrogen-bond donors (Lipinski definition) is 1. The van der Waals surface area contributed by atoms with E-state index in [1.165, 1.54) is 32.1 Å². The van der Waals surface area contributed by atoms with Crippen molar-refractivity contribution in [2.75, 3.05) is 26.8 Å². The van der Waals surface area contributed by atoms with Crippen molar-refractivity contribution in [2.24, 2.45) is 17.6 Å². The molecule has 3 nitrogen and oxygen atoms in total. The normalized spacial score (nSPS) is 31.1. The Labute approximate surface area is 106 Å². The van der Waals surface area contributed by atoms with Gasteiger partial charge in [-0.1, -0.05) is 6.42 Å². The van der Waals surface area contributed by atoms with Crippen LogP contribution in [0.1, 0.15) is 39.0 Å². The first-order chi connectivity index (χ1) is 8.27. The van der Waals surface area contributed by atoms with Crippen LogP contribution in [0, 0.1) is 11.8 Å². The molecular formula is C14H28N2O. The van der Waals surface area contributed by atoms with Crippen molar-refractivity contribution in [3.63, 3.8) is 0 Å². The topological polar surface area (TPSA) is 38.5 Å².